The number of H-pyrrole nitrogens is 1. The number of amides is 3. The Balaban J connectivity index is 1.84. The molecule has 10 heteroatoms. The molecule has 1 aromatic carbocycles. The molecule has 0 radical (unpaired) electrons. The summed E-state index contributed by atoms with van der Waals surface area (Å²) in [6, 6.07) is 4.75. The molecule has 3 unspecified atom stereocenters. The highest BCUT2D eigenvalue weighted by Gasteiger charge is 2.36. The van der Waals surface area contributed by atoms with Crippen LogP contribution in [0.25, 0.3) is 10.9 Å². The van der Waals surface area contributed by atoms with Crippen LogP contribution in [0.1, 0.15) is 32.3 Å². The molecule has 1 saturated heterocycles. The van der Waals surface area contributed by atoms with Gasteiger partial charge in [-0.2, -0.15) is 0 Å². The molecular weight excluding hydrogens is 426 g/mol. The fourth-order valence-electron chi connectivity index (χ4n) is 4.22. The van der Waals surface area contributed by atoms with E-state index in [-0.39, 0.29) is 24.8 Å². The van der Waals surface area contributed by atoms with E-state index in [9.17, 15) is 24.3 Å². The van der Waals surface area contributed by atoms with Crippen molar-refractivity contribution in [3.63, 3.8) is 0 Å². The maximum absolute atomic E-state index is 13.1. The van der Waals surface area contributed by atoms with E-state index < -0.39 is 35.9 Å². The van der Waals surface area contributed by atoms with Gasteiger partial charge in [0.15, 0.2) is 0 Å². The first-order valence-corrected chi connectivity index (χ1v) is 11.1. The van der Waals surface area contributed by atoms with Crippen LogP contribution < -0.4 is 16.4 Å². The second kappa shape index (κ2) is 10.5. The summed E-state index contributed by atoms with van der Waals surface area (Å²) in [5.41, 5.74) is 7.17. The van der Waals surface area contributed by atoms with E-state index in [1.807, 2.05) is 24.3 Å². The van der Waals surface area contributed by atoms with Gasteiger partial charge in [0.25, 0.3) is 0 Å². The van der Waals surface area contributed by atoms with E-state index in [1.165, 1.54) is 4.90 Å². The highest BCUT2D eigenvalue weighted by atomic mass is 16.4. The fraction of sp³-hybridized carbons (Fsp3) is 0.478. The van der Waals surface area contributed by atoms with Crippen molar-refractivity contribution in [2.24, 2.45) is 11.7 Å². The van der Waals surface area contributed by atoms with Crippen molar-refractivity contribution >= 4 is 34.6 Å². The third-order valence-corrected chi connectivity index (χ3v) is 6.01. The highest BCUT2D eigenvalue weighted by Crippen LogP contribution is 2.21. The van der Waals surface area contributed by atoms with E-state index in [2.05, 4.69) is 15.6 Å². The third kappa shape index (κ3) is 5.51. The summed E-state index contributed by atoms with van der Waals surface area (Å²) >= 11 is 0. The van der Waals surface area contributed by atoms with Crippen molar-refractivity contribution in [3.8, 4) is 0 Å². The zero-order valence-corrected chi connectivity index (χ0v) is 18.8. The normalized spacial score (nSPS) is 17.7. The summed E-state index contributed by atoms with van der Waals surface area (Å²) in [6.07, 6.45) is 3.07. The van der Waals surface area contributed by atoms with Gasteiger partial charge in [-0.05, 0) is 30.4 Å². The van der Waals surface area contributed by atoms with Gasteiger partial charge in [-0.3, -0.25) is 14.4 Å². The summed E-state index contributed by atoms with van der Waals surface area (Å²) in [4.78, 5) is 54.5. The van der Waals surface area contributed by atoms with Crippen LogP contribution in [-0.4, -0.2) is 69.9 Å². The summed E-state index contributed by atoms with van der Waals surface area (Å²) < 4.78 is 0. The molecule has 1 aliphatic heterocycles. The monoisotopic (exact) mass is 457 g/mol. The number of carbonyl (C=O) groups is 4. The van der Waals surface area contributed by atoms with Crippen molar-refractivity contribution in [2.45, 2.75) is 51.2 Å². The van der Waals surface area contributed by atoms with Crippen LogP contribution >= 0.6 is 0 Å². The number of benzene rings is 1. The molecule has 0 bridgehead atoms. The van der Waals surface area contributed by atoms with Crippen molar-refractivity contribution in [3.05, 3.63) is 36.0 Å². The van der Waals surface area contributed by atoms with Gasteiger partial charge in [-0.1, -0.05) is 32.0 Å². The van der Waals surface area contributed by atoms with Crippen LogP contribution in [0.15, 0.2) is 30.5 Å². The third-order valence-electron chi connectivity index (χ3n) is 6.01. The standard InChI is InChI=1S/C23H31N5O5/c1-13(2)20(23(32)33)27-21(30)17(10-14-12-25-16-7-4-3-6-15(14)16)26-22(31)18-8-5-9-28(18)19(29)11-24/h3-4,6-7,12-13,17-18,20,25H,5,8-11,24H2,1-2H3,(H,26,31)(H,27,30)(H,32,33). The minimum atomic E-state index is -1.15. The Labute approximate surface area is 191 Å². The lowest BCUT2D eigenvalue weighted by Crippen LogP contribution is -2.57. The van der Waals surface area contributed by atoms with E-state index in [4.69, 9.17) is 5.73 Å². The first-order valence-electron chi connectivity index (χ1n) is 11.1. The van der Waals surface area contributed by atoms with Gasteiger partial charge in [-0.15, -0.1) is 0 Å². The predicted octanol–water partition coefficient (Wildman–Crippen LogP) is 0.370. The highest BCUT2D eigenvalue weighted by molar-refractivity contribution is 5.94. The first-order chi connectivity index (χ1) is 15.7. The van der Waals surface area contributed by atoms with Crippen LogP contribution in [0.3, 0.4) is 0 Å². The quantitative estimate of drug-likeness (QED) is 0.366. The lowest BCUT2D eigenvalue weighted by atomic mass is 10.0. The Morgan fingerprint density at radius 1 is 1.21 bits per heavy atom. The minimum absolute atomic E-state index is 0.156. The second-order valence-electron chi connectivity index (χ2n) is 8.64. The molecule has 0 spiro atoms. The van der Waals surface area contributed by atoms with E-state index >= 15 is 0 Å². The molecule has 3 atom stereocenters. The van der Waals surface area contributed by atoms with E-state index in [1.54, 1.807) is 20.0 Å². The SMILES string of the molecule is CC(C)C(NC(=O)C(Cc1c[nH]c2ccccc12)NC(=O)C1CCCN1C(=O)CN)C(=O)O. The van der Waals surface area contributed by atoms with Crippen LogP contribution in [0.2, 0.25) is 0 Å². The molecule has 10 nitrogen and oxygen atoms in total. The molecule has 3 rings (SSSR count). The molecule has 33 heavy (non-hydrogen) atoms. The average Bonchev–Trinajstić information content (AvgIpc) is 3.43. The van der Waals surface area contributed by atoms with Gasteiger partial charge in [0.2, 0.25) is 17.7 Å². The van der Waals surface area contributed by atoms with Crippen molar-refractivity contribution in [2.75, 3.05) is 13.1 Å². The number of hydrogen-bond acceptors (Lipinski definition) is 5. The second-order valence-corrected chi connectivity index (χ2v) is 8.64. The summed E-state index contributed by atoms with van der Waals surface area (Å²) in [6.45, 7) is 3.63. The Hall–Kier alpha value is -3.40. The van der Waals surface area contributed by atoms with Gasteiger partial charge in [0.1, 0.15) is 18.1 Å². The Bertz CT molecular complexity index is 1030. The molecule has 3 amide bonds. The van der Waals surface area contributed by atoms with Crippen LogP contribution in [-0.2, 0) is 25.6 Å². The van der Waals surface area contributed by atoms with Gasteiger partial charge in [0.05, 0.1) is 6.54 Å². The molecular formula is C23H31N5O5. The molecule has 0 aliphatic carbocycles. The first kappa shape index (κ1) is 24.2. The molecule has 178 valence electrons. The molecule has 2 heterocycles. The van der Waals surface area contributed by atoms with Crippen molar-refractivity contribution < 1.29 is 24.3 Å². The van der Waals surface area contributed by atoms with Crippen LogP contribution in [0, 0.1) is 5.92 Å². The number of likely N-dealkylation sites (tertiary alicyclic amines) is 1. The van der Waals surface area contributed by atoms with E-state index in [0.29, 0.717) is 19.4 Å². The Kier molecular flexibility index (Phi) is 7.70. The number of hydrogen-bond donors (Lipinski definition) is 5. The molecule has 1 aromatic heterocycles. The number of carboxylic acid groups (broad SMARTS) is 1. The topological polar surface area (TPSA) is 158 Å². The Morgan fingerprint density at radius 3 is 2.61 bits per heavy atom. The van der Waals surface area contributed by atoms with Crippen molar-refractivity contribution in [1.82, 2.24) is 20.5 Å². The van der Waals surface area contributed by atoms with E-state index in [0.717, 1.165) is 16.5 Å². The maximum atomic E-state index is 13.1. The maximum Gasteiger partial charge on any atom is 0.326 e. The van der Waals surface area contributed by atoms with Crippen LogP contribution in [0.4, 0.5) is 0 Å². The number of nitrogens with one attached hydrogen (secondary N) is 3. The zero-order valence-electron chi connectivity index (χ0n) is 18.8. The summed E-state index contributed by atoms with van der Waals surface area (Å²) in [5, 5.41) is 15.7. The zero-order chi connectivity index (χ0) is 24.1. The predicted molar refractivity (Wildman–Crippen MR) is 122 cm³/mol. The number of carboxylic acids is 1. The number of nitrogens with zero attached hydrogens (tertiary/aromatic N) is 1. The lowest BCUT2D eigenvalue weighted by Gasteiger charge is -2.27. The number of nitrogens with two attached hydrogens (primary N) is 1. The number of aliphatic carboxylic acids is 1. The number of aromatic nitrogens is 1. The number of carbonyl (C=O) groups excluding carboxylic acids is 3. The fourth-order valence-corrected chi connectivity index (χ4v) is 4.22. The lowest BCUT2D eigenvalue weighted by molar-refractivity contribution is -0.144. The summed E-state index contributed by atoms with van der Waals surface area (Å²) in [7, 11) is 0. The Morgan fingerprint density at radius 2 is 1.94 bits per heavy atom. The number of fused-ring (bicyclic) bond motifs is 1. The van der Waals surface area contributed by atoms with Gasteiger partial charge in [0, 0.05) is 30.1 Å². The van der Waals surface area contributed by atoms with Crippen molar-refractivity contribution in [1.29, 1.82) is 0 Å². The van der Waals surface area contributed by atoms with Crippen LogP contribution in [0.5, 0.6) is 0 Å². The van der Waals surface area contributed by atoms with Gasteiger partial charge in [-0.25, -0.2) is 4.79 Å². The number of rotatable bonds is 9. The number of aromatic amines is 1. The summed E-state index contributed by atoms with van der Waals surface area (Å²) in [5.74, 6) is -2.86. The average molecular weight is 458 g/mol. The smallest absolute Gasteiger partial charge is 0.326 e. The molecule has 0 saturated carbocycles. The van der Waals surface area contributed by atoms with Gasteiger partial charge >= 0.3 is 5.97 Å². The number of para-hydroxylation sites is 1. The van der Waals surface area contributed by atoms with Gasteiger partial charge < -0.3 is 31.4 Å². The molecule has 6 N–H and O–H groups in total. The molecule has 1 fully saturated rings. The largest absolute Gasteiger partial charge is 0.480 e. The minimum Gasteiger partial charge on any atom is -0.480 e. The molecule has 2 aromatic rings. The molecule has 1 aliphatic rings.